The van der Waals surface area contributed by atoms with Gasteiger partial charge in [-0.05, 0) is 56.9 Å². The lowest BCUT2D eigenvalue weighted by Gasteiger charge is -2.39. The van der Waals surface area contributed by atoms with E-state index in [2.05, 4.69) is 14.8 Å². The quantitative estimate of drug-likeness (QED) is 0.395. The Morgan fingerprint density at radius 1 is 1.22 bits per heavy atom. The topological polar surface area (TPSA) is 103 Å². The van der Waals surface area contributed by atoms with Crippen LogP contribution in [-0.4, -0.2) is 69.3 Å². The Hall–Kier alpha value is -3.14. The van der Waals surface area contributed by atoms with E-state index >= 15 is 0 Å². The van der Waals surface area contributed by atoms with Crippen molar-refractivity contribution in [1.82, 2.24) is 14.5 Å². The van der Waals surface area contributed by atoms with E-state index < -0.39 is 16.1 Å². The third-order valence-electron chi connectivity index (χ3n) is 5.55. The monoisotopic (exact) mass is 443 g/mol. The molecule has 2 aliphatic heterocycles. The minimum Gasteiger partial charge on any atom is -0.456 e. The van der Waals surface area contributed by atoms with Crippen molar-refractivity contribution in [1.29, 1.82) is 0 Å². The number of hydrogen-bond donors (Lipinski definition) is 0. The lowest BCUT2D eigenvalue weighted by molar-refractivity contribution is -0.389. The number of carbonyl (C=O) groups is 1. The van der Waals surface area contributed by atoms with Gasteiger partial charge in [0.1, 0.15) is 17.4 Å². The molecule has 10 nitrogen and oxygen atoms in total. The predicted octanol–water partition coefficient (Wildman–Crippen LogP) is 2.72. The first-order valence-electron chi connectivity index (χ1n) is 10.7. The van der Waals surface area contributed by atoms with Gasteiger partial charge in [-0.25, -0.2) is 4.79 Å². The Balaban J connectivity index is 1.29. The lowest BCUT2D eigenvalue weighted by Crippen LogP contribution is -2.52. The summed E-state index contributed by atoms with van der Waals surface area (Å²) in [4.78, 5) is 31.2. The molecule has 2 aromatic rings. The Kier molecular flexibility index (Phi) is 5.58. The maximum atomic E-state index is 12.2. The summed E-state index contributed by atoms with van der Waals surface area (Å²) in [5, 5.41) is 10.9. The normalized spacial score (nSPS) is 21.2. The van der Waals surface area contributed by atoms with Crippen LogP contribution in [0.5, 0.6) is 6.01 Å². The highest BCUT2D eigenvalue weighted by Gasteiger charge is 2.41. The summed E-state index contributed by atoms with van der Waals surface area (Å²) in [5.74, 6) is -0.502. The summed E-state index contributed by atoms with van der Waals surface area (Å²) in [6, 6.07) is 7.85. The first kappa shape index (κ1) is 22.1. The largest absolute Gasteiger partial charge is 0.456 e. The number of imidazole rings is 1. The molecule has 1 atom stereocenters. The van der Waals surface area contributed by atoms with Gasteiger partial charge in [0.2, 0.25) is 0 Å². The van der Waals surface area contributed by atoms with Crippen molar-refractivity contribution in [3.8, 4) is 6.01 Å². The molecular weight excluding hydrogens is 414 g/mol. The minimum absolute atomic E-state index is 0.187. The van der Waals surface area contributed by atoms with E-state index in [0.717, 1.165) is 38.4 Å². The van der Waals surface area contributed by atoms with Gasteiger partial charge in [0.25, 0.3) is 0 Å². The van der Waals surface area contributed by atoms with Gasteiger partial charge in [0.15, 0.2) is 0 Å². The molecule has 3 heterocycles. The van der Waals surface area contributed by atoms with Gasteiger partial charge in [0.05, 0.1) is 12.1 Å². The SMILES string of the molecule is CC(C)(C)OC(=O)c1ccc(N2CCN(CC3(C)Cn4cc([N+](=O)[O-])nc4O3)CC2)cc1. The molecule has 0 N–H and O–H groups in total. The van der Waals surface area contributed by atoms with Crippen molar-refractivity contribution in [3.05, 3.63) is 46.1 Å². The zero-order valence-electron chi connectivity index (χ0n) is 18.9. The van der Waals surface area contributed by atoms with Gasteiger partial charge in [-0.15, -0.1) is 0 Å². The summed E-state index contributed by atoms with van der Waals surface area (Å²) < 4.78 is 13.1. The fourth-order valence-electron chi connectivity index (χ4n) is 4.15. The summed E-state index contributed by atoms with van der Waals surface area (Å²) in [7, 11) is 0. The van der Waals surface area contributed by atoms with E-state index in [1.165, 1.54) is 6.20 Å². The van der Waals surface area contributed by atoms with Crippen molar-refractivity contribution >= 4 is 17.5 Å². The Labute approximate surface area is 186 Å². The molecule has 0 spiro atoms. The second-order valence-electron chi connectivity index (χ2n) is 9.63. The highest BCUT2D eigenvalue weighted by atomic mass is 16.6. The van der Waals surface area contributed by atoms with Crippen molar-refractivity contribution in [3.63, 3.8) is 0 Å². The van der Waals surface area contributed by atoms with Crippen molar-refractivity contribution in [2.45, 2.75) is 45.4 Å². The van der Waals surface area contributed by atoms with E-state index in [-0.39, 0.29) is 11.8 Å². The number of hydrogen-bond acceptors (Lipinski definition) is 8. The number of fused-ring (bicyclic) bond motifs is 1. The van der Waals surface area contributed by atoms with Gasteiger partial charge in [-0.2, -0.15) is 0 Å². The number of aromatic nitrogens is 2. The number of carbonyl (C=O) groups excluding carboxylic acids is 1. The average Bonchev–Trinajstić information content (AvgIpc) is 3.22. The molecule has 32 heavy (non-hydrogen) atoms. The van der Waals surface area contributed by atoms with E-state index in [0.29, 0.717) is 18.1 Å². The molecular formula is C22H29N5O5. The van der Waals surface area contributed by atoms with Crippen LogP contribution >= 0.6 is 0 Å². The zero-order chi connectivity index (χ0) is 23.1. The van der Waals surface area contributed by atoms with Crippen LogP contribution in [0.3, 0.4) is 0 Å². The van der Waals surface area contributed by atoms with Crippen LogP contribution in [0.2, 0.25) is 0 Å². The van der Waals surface area contributed by atoms with Gasteiger partial charge in [-0.1, -0.05) is 0 Å². The molecule has 0 amide bonds. The first-order chi connectivity index (χ1) is 15.0. The number of nitro groups is 1. The van der Waals surface area contributed by atoms with Crippen LogP contribution < -0.4 is 9.64 Å². The number of rotatable bonds is 5. The van der Waals surface area contributed by atoms with E-state index in [1.54, 1.807) is 4.57 Å². The van der Waals surface area contributed by atoms with Crippen molar-refractivity contribution in [2.75, 3.05) is 37.6 Å². The van der Waals surface area contributed by atoms with Crippen LogP contribution in [0.4, 0.5) is 11.5 Å². The van der Waals surface area contributed by atoms with Gasteiger partial charge in [0, 0.05) is 43.4 Å². The third-order valence-corrected chi connectivity index (χ3v) is 5.55. The predicted molar refractivity (Wildman–Crippen MR) is 118 cm³/mol. The molecule has 2 aliphatic rings. The molecule has 172 valence electrons. The standard InChI is InChI=1S/C22H29N5O5/c1-21(2,3)31-19(28)16-5-7-17(8-6-16)25-11-9-24(10-12-25)14-22(4)15-26-13-18(27(29)30)23-20(26)32-22/h5-8,13H,9-12,14-15H2,1-4H3. The maximum Gasteiger partial charge on any atom is 0.415 e. The van der Waals surface area contributed by atoms with E-state index in [4.69, 9.17) is 9.47 Å². The average molecular weight is 444 g/mol. The molecule has 1 aromatic heterocycles. The van der Waals surface area contributed by atoms with Crippen LogP contribution in [0.25, 0.3) is 0 Å². The number of nitrogens with zero attached hydrogens (tertiary/aromatic N) is 5. The van der Waals surface area contributed by atoms with Crippen molar-refractivity contribution < 1.29 is 19.2 Å². The van der Waals surface area contributed by atoms with Crippen molar-refractivity contribution in [2.24, 2.45) is 0 Å². The second-order valence-corrected chi connectivity index (χ2v) is 9.63. The second kappa shape index (κ2) is 8.09. The third kappa shape index (κ3) is 4.85. The number of benzene rings is 1. The fraction of sp³-hybridized carbons (Fsp3) is 0.545. The zero-order valence-corrected chi connectivity index (χ0v) is 18.9. The van der Waals surface area contributed by atoms with E-state index in [9.17, 15) is 14.9 Å². The fourth-order valence-corrected chi connectivity index (χ4v) is 4.15. The number of ether oxygens (including phenoxy) is 2. The summed E-state index contributed by atoms with van der Waals surface area (Å²) >= 11 is 0. The molecule has 1 saturated heterocycles. The lowest BCUT2D eigenvalue weighted by atomic mass is 10.1. The molecule has 1 aromatic carbocycles. The van der Waals surface area contributed by atoms with Crippen LogP contribution in [-0.2, 0) is 11.3 Å². The summed E-state index contributed by atoms with van der Waals surface area (Å²) in [6.45, 7) is 12.3. The number of anilines is 1. The summed E-state index contributed by atoms with van der Waals surface area (Å²) in [5.41, 5.74) is 0.646. The smallest absolute Gasteiger partial charge is 0.415 e. The highest BCUT2D eigenvalue weighted by molar-refractivity contribution is 5.90. The van der Waals surface area contributed by atoms with Gasteiger partial charge in [-0.3, -0.25) is 9.47 Å². The molecule has 10 heteroatoms. The van der Waals surface area contributed by atoms with Crippen LogP contribution in [0.1, 0.15) is 38.1 Å². The number of piperazine rings is 1. The number of esters is 1. The molecule has 0 radical (unpaired) electrons. The molecule has 4 rings (SSSR count). The minimum atomic E-state index is -0.515. The Bertz CT molecular complexity index is 979. The molecule has 0 saturated carbocycles. The molecule has 0 bridgehead atoms. The van der Waals surface area contributed by atoms with Crippen LogP contribution in [0, 0.1) is 10.1 Å². The Morgan fingerprint density at radius 3 is 2.44 bits per heavy atom. The van der Waals surface area contributed by atoms with Gasteiger partial charge < -0.3 is 24.5 Å². The first-order valence-corrected chi connectivity index (χ1v) is 10.7. The maximum absolute atomic E-state index is 12.2. The molecule has 0 aliphatic carbocycles. The summed E-state index contributed by atoms with van der Waals surface area (Å²) in [6.07, 6.45) is 1.43. The highest BCUT2D eigenvalue weighted by Crippen LogP contribution is 2.32. The van der Waals surface area contributed by atoms with E-state index in [1.807, 2.05) is 52.0 Å². The van der Waals surface area contributed by atoms with Crippen LogP contribution in [0.15, 0.2) is 30.5 Å². The Morgan fingerprint density at radius 2 is 1.88 bits per heavy atom. The van der Waals surface area contributed by atoms with Gasteiger partial charge >= 0.3 is 17.8 Å². The molecule has 1 unspecified atom stereocenters. The molecule has 1 fully saturated rings.